The molecule has 2 saturated carbocycles. The zero-order valence-electron chi connectivity index (χ0n) is 12.3. The molecule has 1 aromatic rings. The first-order valence-corrected chi connectivity index (χ1v) is 7.70. The van der Waals surface area contributed by atoms with E-state index in [-0.39, 0.29) is 41.6 Å². The Kier molecular flexibility index (Phi) is 3.74. The summed E-state index contributed by atoms with van der Waals surface area (Å²) in [4.78, 5) is 12.3. The summed E-state index contributed by atoms with van der Waals surface area (Å²) in [6.45, 7) is 2.15. The number of hydrogen-bond acceptors (Lipinski definition) is 2. The summed E-state index contributed by atoms with van der Waals surface area (Å²) >= 11 is 0. The fourth-order valence-corrected chi connectivity index (χ4v) is 3.51. The number of nitrogens with one attached hydrogen (secondary N) is 1. The highest BCUT2D eigenvalue weighted by atomic mass is 19.1. The van der Waals surface area contributed by atoms with Gasteiger partial charge in [0.2, 0.25) is 5.91 Å². The van der Waals surface area contributed by atoms with Crippen LogP contribution in [0.2, 0.25) is 0 Å². The highest BCUT2D eigenvalue weighted by molar-refractivity contribution is 5.83. The van der Waals surface area contributed by atoms with Gasteiger partial charge in [-0.05, 0) is 42.9 Å². The molecule has 2 aliphatic carbocycles. The molecule has 1 amide bonds. The van der Waals surface area contributed by atoms with Crippen LogP contribution in [0.4, 0.5) is 4.39 Å². The molecule has 4 heteroatoms. The smallest absolute Gasteiger partial charge is 0.223 e. The van der Waals surface area contributed by atoms with E-state index in [1.165, 1.54) is 12.1 Å². The molecule has 2 fully saturated rings. The highest BCUT2D eigenvalue weighted by Crippen LogP contribution is 2.48. The Balaban J connectivity index is 1.59. The maximum absolute atomic E-state index is 12.9. The van der Waals surface area contributed by atoms with Gasteiger partial charge in [-0.1, -0.05) is 25.5 Å². The van der Waals surface area contributed by atoms with Crippen LogP contribution in [0.15, 0.2) is 24.3 Å². The van der Waals surface area contributed by atoms with Crippen molar-refractivity contribution in [1.82, 2.24) is 5.32 Å². The zero-order chi connectivity index (χ0) is 15.0. The first kappa shape index (κ1) is 14.5. The molecular formula is C17H22FNO2. The number of rotatable bonds is 4. The molecule has 21 heavy (non-hydrogen) atoms. The van der Waals surface area contributed by atoms with E-state index in [1.54, 1.807) is 12.1 Å². The van der Waals surface area contributed by atoms with Crippen molar-refractivity contribution in [3.05, 3.63) is 35.6 Å². The van der Waals surface area contributed by atoms with Crippen LogP contribution in [0.1, 0.15) is 44.1 Å². The van der Waals surface area contributed by atoms with Crippen molar-refractivity contribution in [2.45, 2.75) is 44.6 Å². The third-order valence-electron chi connectivity index (χ3n) is 5.19. The van der Waals surface area contributed by atoms with Crippen molar-refractivity contribution in [1.29, 1.82) is 0 Å². The summed E-state index contributed by atoms with van der Waals surface area (Å²) in [6.07, 6.45) is 3.78. The van der Waals surface area contributed by atoms with Crippen LogP contribution in [-0.4, -0.2) is 23.7 Å². The van der Waals surface area contributed by atoms with Crippen LogP contribution in [0.3, 0.4) is 0 Å². The Morgan fingerprint density at radius 3 is 2.81 bits per heavy atom. The number of carbonyl (C=O) groups is 1. The average Bonchev–Trinajstić information content (AvgIpc) is 3.20. The molecule has 2 aliphatic rings. The van der Waals surface area contributed by atoms with Gasteiger partial charge in [0.25, 0.3) is 0 Å². The van der Waals surface area contributed by atoms with Crippen molar-refractivity contribution in [3.63, 3.8) is 0 Å². The number of amides is 1. The second-order valence-corrected chi connectivity index (χ2v) is 6.77. The van der Waals surface area contributed by atoms with Crippen LogP contribution >= 0.6 is 0 Å². The maximum atomic E-state index is 12.9. The van der Waals surface area contributed by atoms with E-state index in [4.69, 9.17) is 0 Å². The Morgan fingerprint density at radius 2 is 2.14 bits per heavy atom. The lowest BCUT2D eigenvalue weighted by Gasteiger charge is -2.30. The fraction of sp³-hybridized carbons (Fsp3) is 0.588. The molecule has 0 saturated heterocycles. The van der Waals surface area contributed by atoms with Gasteiger partial charge in [0, 0.05) is 17.4 Å². The number of benzene rings is 1. The summed E-state index contributed by atoms with van der Waals surface area (Å²) in [6, 6.07) is 6.50. The number of halogens is 1. The SMILES string of the molecule is CC1(CO)CCCC1NC(=O)C1CC1c1ccc(F)cc1. The minimum absolute atomic E-state index is 0.000922. The molecule has 0 aromatic heterocycles. The van der Waals surface area contributed by atoms with Crippen molar-refractivity contribution in [3.8, 4) is 0 Å². The largest absolute Gasteiger partial charge is 0.396 e. The van der Waals surface area contributed by atoms with E-state index in [0.717, 1.165) is 31.2 Å². The molecule has 0 spiro atoms. The molecule has 0 heterocycles. The Morgan fingerprint density at radius 1 is 1.43 bits per heavy atom. The summed E-state index contributed by atoms with van der Waals surface area (Å²) in [5.74, 6) is 0.0485. The van der Waals surface area contributed by atoms with Gasteiger partial charge >= 0.3 is 0 Å². The predicted octanol–water partition coefficient (Wildman–Crippen LogP) is 2.60. The molecular weight excluding hydrogens is 269 g/mol. The molecule has 0 radical (unpaired) electrons. The number of carbonyl (C=O) groups excluding carboxylic acids is 1. The van der Waals surface area contributed by atoms with Crippen LogP contribution in [0, 0.1) is 17.2 Å². The highest BCUT2D eigenvalue weighted by Gasteiger charge is 2.46. The first-order valence-electron chi connectivity index (χ1n) is 7.70. The second kappa shape index (κ2) is 5.41. The monoisotopic (exact) mass is 291 g/mol. The van der Waals surface area contributed by atoms with Gasteiger partial charge in [0.05, 0.1) is 6.61 Å². The van der Waals surface area contributed by atoms with E-state index in [1.807, 2.05) is 6.92 Å². The van der Waals surface area contributed by atoms with E-state index >= 15 is 0 Å². The minimum atomic E-state index is -0.245. The molecule has 4 unspecified atom stereocenters. The van der Waals surface area contributed by atoms with Gasteiger partial charge in [0.1, 0.15) is 5.82 Å². The molecule has 3 nitrogen and oxygen atoms in total. The van der Waals surface area contributed by atoms with Gasteiger partial charge in [0.15, 0.2) is 0 Å². The third kappa shape index (κ3) is 2.82. The molecule has 114 valence electrons. The Hall–Kier alpha value is -1.42. The summed E-state index contributed by atoms with van der Waals surface area (Å²) < 4.78 is 12.9. The maximum Gasteiger partial charge on any atom is 0.223 e. The second-order valence-electron chi connectivity index (χ2n) is 6.77. The normalized spacial score (nSPS) is 34.7. The topological polar surface area (TPSA) is 49.3 Å². The third-order valence-corrected chi connectivity index (χ3v) is 5.19. The minimum Gasteiger partial charge on any atom is -0.396 e. The Labute approximate surface area is 124 Å². The van der Waals surface area contributed by atoms with E-state index in [9.17, 15) is 14.3 Å². The van der Waals surface area contributed by atoms with Crippen molar-refractivity contribution in [2.75, 3.05) is 6.61 Å². The van der Waals surface area contributed by atoms with E-state index < -0.39 is 0 Å². The average molecular weight is 291 g/mol. The molecule has 0 aliphatic heterocycles. The summed E-state index contributed by atoms with van der Waals surface area (Å²) in [5, 5.41) is 12.7. The van der Waals surface area contributed by atoms with E-state index in [2.05, 4.69) is 5.32 Å². The van der Waals surface area contributed by atoms with Crippen molar-refractivity contribution in [2.24, 2.45) is 11.3 Å². The lowest BCUT2D eigenvalue weighted by molar-refractivity contribution is -0.124. The van der Waals surface area contributed by atoms with Gasteiger partial charge in [-0.2, -0.15) is 0 Å². The van der Waals surface area contributed by atoms with Crippen molar-refractivity contribution >= 4 is 5.91 Å². The lowest BCUT2D eigenvalue weighted by Crippen LogP contribution is -2.45. The first-order chi connectivity index (χ1) is 10.0. The molecule has 1 aromatic carbocycles. The predicted molar refractivity (Wildman–Crippen MR) is 78.2 cm³/mol. The fourth-order valence-electron chi connectivity index (χ4n) is 3.51. The molecule has 0 bridgehead atoms. The van der Waals surface area contributed by atoms with Crippen molar-refractivity contribution < 1.29 is 14.3 Å². The van der Waals surface area contributed by atoms with Gasteiger partial charge in [-0.25, -0.2) is 4.39 Å². The summed E-state index contributed by atoms with van der Waals surface area (Å²) in [5.41, 5.74) is 0.850. The van der Waals surface area contributed by atoms with Crippen LogP contribution < -0.4 is 5.32 Å². The van der Waals surface area contributed by atoms with Crippen LogP contribution in [0.25, 0.3) is 0 Å². The molecule has 3 rings (SSSR count). The standard InChI is InChI=1S/C17H22FNO2/c1-17(10-20)8-2-3-15(17)19-16(21)14-9-13(14)11-4-6-12(18)7-5-11/h4-7,13-15,20H,2-3,8-10H2,1H3,(H,19,21). The lowest BCUT2D eigenvalue weighted by atomic mass is 9.85. The van der Waals surface area contributed by atoms with E-state index in [0.29, 0.717) is 0 Å². The zero-order valence-corrected chi connectivity index (χ0v) is 12.3. The van der Waals surface area contributed by atoms with Crippen LogP contribution in [0.5, 0.6) is 0 Å². The van der Waals surface area contributed by atoms with Gasteiger partial charge < -0.3 is 10.4 Å². The van der Waals surface area contributed by atoms with Crippen LogP contribution in [-0.2, 0) is 4.79 Å². The number of aliphatic hydroxyl groups excluding tert-OH is 1. The van der Waals surface area contributed by atoms with Gasteiger partial charge in [-0.15, -0.1) is 0 Å². The molecule has 4 atom stereocenters. The van der Waals surface area contributed by atoms with Gasteiger partial charge in [-0.3, -0.25) is 4.79 Å². The summed E-state index contributed by atoms with van der Waals surface area (Å²) in [7, 11) is 0. The molecule has 2 N–H and O–H groups in total. The Bertz CT molecular complexity index is 530. The number of aliphatic hydroxyl groups is 1. The quantitative estimate of drug-likeness (QED) is 0.896. The number of hydrogen-bond donors (Lipinski definition) is 2.